The topological polar surface area (TPSA) is 61.8 Å². The van der Waals surface area contributed by atoms with E-state index in [1.54, 1.807) is 12.1 Å². The summed E-state index contributed by atoms with van der Waals surface area (Å²) in [5.74, 6) is 2.81. The number of Topliss-reactive ketones (excluding diaryl/α,β-unsaturated/α-hetero) is 1. The van der Waals surface area contributed by atoms with Crippen molar-refractivity contribution in [2.24, 2.45) is 23.2 Å². The molecule has 0 radical (unpaired) electrons. The van der Waals surface area contributed by atoms with Crippen molar-refractivity contribution in [2.75, 3.05) is 19.8 Å². The molecule has 4 saturated carbocycles. The monoisotopic (exact) mass is 372 g/mol. The van der Waals surface area contributed by atoms with Crippen LogP contribution in [0.5, 0.6) is 11.5 Å². The van der Waals surface area contributed by atoms with Gasteiger partial charge >= 0.3 is 5.97 Å². The van der Waals surface area contributed by atoms with Crippen LogP contribution < -0.4 is 9.47 Å². The normalized spacial score (nSPS) is 30.8. The number of ketones is 1. The molecule has 5 heteroatoms. The first-order valence-corrected chi connectivity index (χ1v) is 10.1. The van der Waals surface area contributed by atoms with Crippen LogP contribution in [0.15, 0.2) is 24.3 Å². The van der Waals surface area contributed by atoms with E-state index in [2.05, 4.69) is 0 Å². The second-order valence-electron chi connectivity index (χ2n) is 8.45. The molecule has 0 aromatic heterocycles. The number of hydrogen-bond donors (Lipinski definition) is 0. The molecule has 0 unspecified atom stereocenters. The van der Waals surface area contributed by atoms with Crippen molar-refractivity contribution < 1.29 is 23.8 Å². The van der Waals surface area contributed by atoms with Crippen LogP contribution in [0.2, 0.25) is 0 Å². The highest BCUT2D eigenvalue weighted by Crippen LogP contribution is 2.60. The lowest BCUT2D eigenvalue weighted by atomic mass is 9.48. The van der Waals surface area contributed by atoms with Gasteiger partial charge < -0.3 is 14.2 Å². The quantitative estimate of drug-likeness (QED) is 0.650. The van der Waals surface area contributed by atoms with E-state index in [4.69, 9.17) is 14.2 Å². The second kappa shape index (κ2) is 7.53. The van der Waals surface area contributed by atoms with Gasteiger partial charge in [-0.25, -0.2) is 4.79 Å². The molecule has 4 bridgehead atoms. The van der Waals surface area contributed by atoms with Crippen molar-refractivity contribution in [3.05, 3.63) is 24.3 Å². The van der Waals surface area contributed by atoms with Gasteiger partial charge in [-0.3, -0.25) is 4.79 Å². The predicted octanol–water partition coefficient (Wildman–Crippen LogP) is 3.79. The third kappa shape index (κ3) is 3.83. The van der Waals surface area contributed by atoms with Crippen LogP contribution in [0, 0.1) is 23.2 Å². The summed E-state index contributed by atoms with van der Waals surface area (Å²) in [4.78, 5) is 25.0. The first kappa shape index (κ1) is 18.3. The molecule has 27 heavy (non-hydrogen) atoms. The maximum Gasteiger partial charge on any atom is 0.344 e. The van der Waals surface area contributed by atoms with Gasteiger partial charge in [-0.15, -0.1) is 0 Å². The van der Waals surface area contributed by atoms with E-state index in [-0.39, 0.29) is 24.4 Å². The molecule has 5 nitrogen and oxygen atoms in total. The van der Waals surface area contributed by atoms with Crippen molar-refractivity contribution in [3.63, 3.8) is 0 Å². The van der Waals surface area contributed by atoms with Crippen molar-refractivity contribution in [2.45, 2.75) is 45.4 Å². The Labute approximate surface area is 160 Å². The number of carbonyl (C=O) groups is 2. The van der Waals surface area contributed by atoms with Gasteiger partial charge in [0.15, 0.2) is 30.5 Å². The first-order valence-electron chi connectivity index (χ1n) is 10.1. The standard InChI is InChI=1S/C22H28O5/c1-2-25-18-5-3-4-6-19(18)26-14-21(24)27-13-20(23)22-10-15-7-16(11-22)9-17(8-15)12-22/h3-6,15-17H,2,7-14H2,1H3. The van der Waals surface area contributed by atoms with Gasteiger partial charge in [-0.2, -0.15) is 0 Å². The highest BCUT2D eigenvalue weighted by Gasteiger charge is 2.54. The summed E-state index contributed by atoms with van der Waals surface area (Å²) in [6.45, 7) is 2.06. The highest BCUT2D eigenvalue weighted by atomic mass is 16.6. The molecule has 0 heterocycles. The molecule has 146 valence electrons. The minimum Gasteiger partial charge on any atom is -0.490 e. The van der Waals surface area contributed by atoms with Crippen molar-refractivity contribution in [3.8, 4) is 11.5 Å². The Morgan fingerprint density at radius 2 is 1.48 bits per heavy atom. The molecule has 0 atom stereocenters. The fourth-order valence-corrected chi connectivity index (χ4v) is 5.77. The molecule has 0 saturated heterocycles. The van der Waals surface area contributed by atoms with Crippen LogP contribution in [0.25, 0.3) is 0 Å². The Morgan fingerprint density at radius 3 is 2.04 bits per heavy atom. The van der Waals surface area contributed by atoms with Gasteiger partial charge in [0.25, 0.3) is 0 Å². The number of hydrogen-bond acceptors (Lipinski definition) is 5. The van der Waals surface area contributed by atoms with E-state index >= 15 is 0 Å². The summed E-state index contributed by atoms with van der Waals surface area (Å²) < 4.78 is 16.3. The molecule has 0 spiro atoms. The fourth-order valence-electron chi connectivity index (χ4n) is 5.77. The van der Waals surface area contributed by atoms with Crippen LogP contribution in [0.4, 0.5) is 0 Å². The summed E-state index contributed by atoms with van der Waals surface area (Å²) in [5, 5.41) is 0. The fraction of sp³-hybridized carbons (Fsp3) is 0.636. The summed E-state index contributed by atoms with van der Waals surface area (Å²) in [7, 11) is 0. The minimum atomic E-state index is -0.514. The smallest absolute Gasteiger partial charge is 0.344 e. The van der Waals surface area contributed by atoms with Gasteiger partial charge in [0.1, 0.15) is 0 Å². The number of rotatable bonds is 8. The van der Waals surface area contributed by atoms with Gasteiger partial charge in [0.05, 0.1) is 6.61 Å². The zero-order chi connectivity index (χ0) is 18.9. The zero-order valence-electron chi connectivity index (χ0n) is 15.9. The van der Waals surface area contributed by atoms with Crippen LogP contribution in [-0.2, 0) is 14.3 Å². The Bertz CT molecular complexity index is 675. The van der Waals surface area contributed by atoms with Crippen LogP contribution in [0.3, 0.4) is 0 Å². The highest BCUT2D eigenvalue weighted by molar-refractivity contribution is 5.88. The number of esters is 1. The van der Waals surface area contributed by atoms with Gasteiger partial charge in [-0.05, 0) is 75.3 Å². The Balaban J connectivity index is 1.28. The Hall–Kier alpha value is -2.04. The van der Waals surface area contributed by atoms with Crippen LogP contribution in [-0.4, -0.2) is 31.6 Å². The molecular weight excluding hydrogens is 344 g/mol. The van der Waals surface area contributed by atoms with E-state index in [0.717, 1.165) is 19.3 Å². The van der Waals surface area contributed by atoms with E-state index in [1.807, 2.05) is 19.1 Å². The molecule has 4 fully saturated rings. The minimum absolute atomic E-state index is 0.115. The largest absolute Gasteiger partial charge is 0.490 e. The zero-order valence-corrected chi connectivity index (χ0v) is 15.9. The average molecular weight is 372 g/mol. The third-order valence-electron chi connectivity index (χ3n) is 6.49. The number of ether oxygens (including phenoxy) is 3. The summed E-state index contributed by atoms with van der Waals surface area (Å²) in [6, 6.07) is 7.21. The SMILES string of the molecule is CCOc1ccccc1OCC(=O)OCC(=O)C12CC3CC(CC(C3)C1)C2. The van der Waals surface area contributed by atoms with E-state index < -0.39 is 5.97 Å². The van der Waals surface area contributed by atoms with E-state index in [0.29, 0.717) is 35.9 Å². The van der Waals surface area contributed by atoms with E-state index in [1.165, 1.54) is 19.3 Å². The molecule has 4 aliphatic rings. The summed E-state index contributed by atoms with van der Waals surface area (Å²) in [6.07, 6.45) is 6.85. The lowest BCUT2D eigenvalue weighted by Gasteiger charge is -2.55. The first-order chi connectivity index (χ1) is 13.1. The molecule has 0 aliphatic heterocycles. The maximum absolute atomic E-state index is 12.9. The number of para-hydroxylation sites is 2. The molecule has 1 aromatic rings. The van der Waals surface area contributed by atoms with Gasteiger partial charge in [0.2, 0.25) is 0 Å². The molecule has 4 aliphatic carbocycles. The number of carbonyl (C=O) groups excluding carboxylic acids is 2. The lowest BCUT2D eigenvalue weighted by molar-refractivity contribution is -0.158. The molecule has 5 rings (SSSR count). The Morgan fingerprint density at radius 1 is 0.926 bits per heavy atom. The number of benzene rings is 1. The summed E-state index contributed by atoms with van der Waals surface area (Å²) >= 11 is 0. The Kier molecular flexibility index (Phi) is 5.11. The molecular formula is C22H28O5. The van der Waals surface area contributed by atoms with Crippen LogP contribution >= 0.6 is 0 Å². The second-order valence-corrected chi connectivity index (χ2v) is 8.45. The summed E-state index contributed by atoms with van der Waals surface area (Å²) in [5.41, 5.74) is -0.225. The maximum atomic E-state index is 12.9. The molecule has 1 aromatic carbocycles. The molecule has 0 amide bonds. The average Bonchev–Trinajstić information content (AvgIpc) is 2.64. The van der Waals surface area contributed by atoms with E-state index in [9.17, 15) is 9.59 Å². The lowest BCUT2D eigenvalue weighted by Crippen LogP contribution is -2.51. The predicted molar refractivity (Wildman–Crippen MR) is 99.7 cm³/mol. The molecule has 0 N–H and O–H groups in total. The third-order valence-corrected chi connectivity index (χ3v) is 6.49. The van der Waals surface area contributed by atoms with Gasteiger partial charge in [0, 0.05) is 5.41 Å². The van der Waals surface area contributed by atoms with Gasteiger partial charge in [-0.1, -0.05) is 12.1 Å². The van der Waals surface area contributed by atoms with Crippen molar-refractivity contribution in [1.29, 1.82) is 0 Å². The van der Waals surface area contributed by atoms with Crippen molar-refractivity contribution >= 4 is 11.8 Å². The van der Waals surface area contributed by atoms with Crippen molar-refractivity contribution in [1.82, 2.24) is 0 Å². The van der Waals surface area contributed by atoms with Crippen LogP contribution in [0.1, 0.15) is 45.4 Å².